The molecule has 0 spiro atoms. The van der Waals surface area contributed by atoms with Crippen LogP contribution in [0.25, 0.3) is 0 Å². The normalized spacial score (nSPS) is 29.1. The van der Waals surface area contributed by atoms with E-state index in [0.29, 0.717) is 42.1 Å². The SMILES string of the molecule is CN(Cc1ccccc1)C(=O)CCC[C@H]1CO[C@@]2(C)CCC3c4ccc(B(O)O)cc4CCC3C12. The van der Waals surface area contributed by atoms with Gasteiger partial charge in [0.15, 0.2) is 0 Å². The Morgan fingerprint density at radius 1 is 1.17 bits per heavy atom. The summed E-state index contributed by atoms with van der Waals surface area (Å²) in [5, 5.41) is 19.2. The van der Waals surface area contributed by atoms with E-state index < -0.39 is 7.12 Å². The van der Waals surface area contributed by atoms with Crippen LogP contribution < -0.4 is 5.46 Å². The average molecular weight is 475 g/mol. The van der Waals surface area contributed by atoms with E-state index in [-0.39, 0.29) is 11.5 Å². The lowest BCUT2D eigenvalue weighted by Gasteiger charge is -2.49. The van der Waals surface area contributed by atoms with Crippen molar-refractivity contribution in [2.45, 2.75) is 69.9 Å². The summed E-state index contributed by atoms with van der Waals surface area (Å²) in [6, 6.07) is 16.2. The number of hydrogen-bond donors (Lipinski definition) is 2. The molecule has 1 saturated carbocycles. The van der Waals surface area contributed by atoms with Crippen molar-refractivity contribution in [3.63, 3.8) is 0 Å². The third-order valence-electron chi connectivity index (χ3n) is 9.04. The number of amides is 1. The largest absolute Gasteiger partial charge is 0.488 e. The first kappa shape index (κ1) is 24.5. The van der Waals surface area contributed by atoms with Gasteiger partial charge in [-0.1, -0.05) is 48.5 Å². The molecule has 0 radical (unpaired) electrons. The molecule has 0 aromatic heterocycles. The fourth-order valence-corrected chi connectivity index (χ4v) is 7.31. The van der Waals surface area contributed by atoms with E-state index in [9.17, 15) is 14.8 Å². The van der Waals surface area contributed by atoms with Crippen molar-refractivity contribution < 1.29 is 19.6 Å². The summed E-state index contributed by atoms with van der Waals surface area (Å²) < 4.78 is 6.47. The monoisotopic (exact) mass is 475 g/mol. The maximum atomic E-state index is 12.8. The van der Waals surface area contributed by atoms with E-state index in [1.165, 1.54) is 11.1 Å². The Balaban J connectivity index is 1.22. The van der Waals surface area contributed by atoms with Crippen molar-refractivity contribution in [3.8, 4) is 0 Å². The summed E-state index contributed by atoms with van der Waals surface area (Å²) in [7, 11) is 0.493. The quantitative estimate of drug-likeness (QED) is 0.600. The summed E-state index contributed by atoms with van der Waals surface area (Å²) in [5.74, 6) is 2.35. The Kier molecular flexibility index (Phi) is 7.07. The van der Waals surface area contributed by atoms with Gasteiger partial charge in [0.2, 0.25) is 5.91 Å². The van der Waals surface area contributed by atoms with Crippen molar-refractivity contribution >= 4 is 18.5 Å². The third-order valence-corrected chi connectivity index (χ3v) is 9.04. The van der Waals surface area contributed by atoms with E-state index in [1.54, 1.807) is 0 Å². The van der Waals surface area contributed by atoms with Crippen LogP contribution in [0.15, 0.2) is 48.5 Å². The van der Waals surface area contributed by atoms with Crippen molar-refractivity contribution in [3.05, 3.63) is 65.2 Å². The highest BCUT2D eigenvalue weighted by atomic mass is 16.5. The molecule has 6 heteroatoms. The topological polar surface area (TPSA) is 70.0 Å². The molecule has 5 nitrogen and oxygen atoms in total. The molecule has 0 bridgehead atoms. The second-order valence-electron chi connectivity index (χ2n) is 11.2. The fourth-order valence-electron chi connectivity index (χ4n) is 7.31. The summed E-state index contributed by atoms with van der Waals surface area (Å²) in [6.07, 6.45) is 6.84. The van der Waals surface area contributed by atoms with Crippen molar-refractivity contribution in [2.75, 3.05) is 13.7 Å². The van der Waals surface area contributed by atoms with E-state index in [2.05, 4.69) is 25.1 Å². The zero-order chi connectivity index (χ0) is 24.6. The fraction of sp³-hybridized carbons (Fsp3) is 0.552. The standard InChI is InChI=1S/C29H38BNO4/c1-29-16-15-25-24-14-12-23(30(33)34)17-21(24)11-13-26(25)28(29)22(19-35-29)9-6-10-27(32)31(2)18-20-7-4-3-5-8-20/h3-5,7-8,12,14,17,22,25-26,28,33-34H,6,9-11,13,15-16,18-19H2,1-2H3/t22-,25?,26?,28?,29-/m0/s1. The maximum Gasteiger partial charge on any atom is 0.488 e. The molecule has 186 valence electrons. The molecule has 2 aromatic rings. The molecule has 5 atom stereocenters. The highest BCUT2D eigenvalue weighted by Gasteiger charge is 2.55. The molecule has 2 fully saturated rings. The Bertz CT molecular complexity index is 1040. The number of carbonyl (C=O) groups excluding carboxylic acids is 1. The van der Waals surface area contributed by atoms with Crippen LogP contribution in [0.2, 0.25) is 0 Å². The van der Waals surface area contributed by atoms with Gasteiger partial charge in [0.1, 0.15) is 0 Å². The second-order valence-corrected chi connectivity index (χ2v) is 11.2. The number of benzene rings is 2. The smallest absolute Gasteiger partial charge is 0.423 e. The predicted octanol–water partition coefficient (Wildman–Crippen LogP) is 3.66. The first-order chi connectivity index (χ1) is 16.9. The lowest BCUT2D eigenvalue weighted by molar-refractivity contribution is -0.130. The first-order valence-electron chi connectivity index (χ1n) is 13.3. The van der Waals surface area contributed by atoms with Crippen LogP contribution >= 0.6 is 0 Å². The van der Waals surface area contributed by atoms with Gasteiger partial charge in [-0.25, -0.2) is 0 Å². The van der Waals surface area contributed by atoms with Crippen LogP contribution in [0.3, 0.4) is 0 Å². The number of nitrogens with zero attached hydrogens (tertiary/aromatic N) is 1. The van der Waals surface area contributed by atoms with Gasteiger partial charge < -0.3 is 19.7 Å². The molecule has 1 aliphatic heterocycles. The van der Waals surface area contributed by atoms with Crippen molar-refractivity contribution in [1.29, 1.82) is 0 Å². The molecular weight excluding hydrogens is 437 g/mol. The third kappa shape index (κ3) is 4.93. The minimum absolute atomic E-state index is 0.0569. The zero-order valence-electron chi connectivity index (χ0n) is 21.0. The summed E-state index contributed by atoms with van der Waals surface area (Å²) >= 11 is 0. The van der Waals surface area contributed by atoms with Crippen LogP contribution in [0, 0.1) is 17.8 Å². The molecule has 1 amide bonds. The maximum absolute atomic E-state index is 12.8. The molecule has 1 saturated heterocycles. The van der Waals surface area contributed by atoms with Crippen LogP contribution in [-0.4, -0.2) is 47.2 Å². The predicted molar refractivity (Wildman–Crippen MR) is 138 cm³/mol. The van der Waals surface area contributed by atoms with Gasteiger partial charge in [-0.15, -0.1) is 0 Å². The highest BCUT2D eigenvalue weighted by Crippen LogP contribution is 2.58. The van der Waals surface area contributed by atoms with E-state index >= 15 is 0 Å². The minimum atomic E-state index is -1.41. The van der Waals surface area contributed by atoms with Gasteiger partial charge in [0.05, 0.1) is 12.2 Å². The molecule has 3 aliphatic rings. The Morgan fingerprint density at radius 3 is 2.74 bits per heavy atom. The van der Waals surface area contributed by atoms with Crippen LogP contribution in [0.1, 0.15) is 68.1 Å². The molecule has 5 rings (SSSR count). The number of aryl methyl sites for hydroxylation is 1. The molecule has 2 aromatic carbocycles. The van der Waals surface area contributed by atoms with Gasteiger partial charge in [-0.2, -0.15) is 0 Å². The van der Waals surface area contributed by atoms with Gasteiger partial charge in [-0.3, -0.25) is 4.79 Å². The van der Waals surface area contributed by atoms with E-state index in [1.807, 2.05) is 42.3 Å². The van der Waals surface area contributed by atoms with Crippen molar-refractivity contribution in [1.82, 2.24) is 4.90 Å². The van der Waals surface area contributed by atoms with Crippen LogP contribution in [0.5, 0.6) is 0 Å². The number of ether oxygens (including phenoxy) is 1. The van der Waals surface area contributed by atoms with Gasteiger partial charge in [0.25, 0.3) is 0 Å². The number of carbonyl (C=O) groups is 1. The Morgan fingerprint density at radius 2 is 1.97 bits per heavy atom. The van der Waals surface area contributed by atoms with Crippen LogP contribution in [0.4, 0.5) is 0 Å². The molecule has 2 N–H and O–H groups in total. The van der Waals surface area contributed by atoms with Gasteiger partial charge >= 0.3 is 7.12 Å². The lowest BCUT2D eigenvalue weighted by atomic mass is 9.56. The number of hydrogen-bond acceptors (Lipinski definition) is 4. The molecule has 3 unspecified atom stereocenters. The summed E-state index contributed by atoms with van der Waals surface area (Å²) in [4.78, 5) is 14.6. The number of fused-ring (bicyclic) bond motifs is 5. The van der Waals surface area contributed by atoms with E-state index in [4.69, 9.17) is 4.74 Å². The van der Waals surface area contributed by atoms with E-state index in [0.717, 1.165) is 50.7 Å². The Hall–Kier alpha value is -2.15. The minimum Gasteiger partial charge on any atom is -0.423 e. The van der Waals surface area contributed by atoms with Crippen molar-refractivity contribution in [2.24, 2.45) is 17.8 Å². The highest BCUT2D eigenvalue weighted by molar-refractivity contribution is 6.58. The average Bonchev–Trinajstić information content (AvgIpc) is 3.20. The lowest BCUT2D eigenvalue weighted by Crippen LogP contribution is -2.47. The molecule has 2 aliphatic carbocycles. The zero-order valence-corrected chi connectivity index (χ0v) is 21.0. The summed E-state index contributed by atoms with van der Waals surface area (Å²) in [5.41, 5.74) is 4.37. The van der Waals surface area contributed by atoms with Gasteiger partial charge in [0, 0.05) is 20.0 Å². The first-order valence-corrected chi connectivity index (χ1v) is 13.3. The molecule has 1 heterocycles. The summed E-state index contributed by atoms with van der Waals surface area (Å²) in [6.45, 7) is 3.78. The second kappa shape index (κ2) is 10.1. The number of rotatable bonds is 7. The molecular formula is C29H38BNO4. The Labute approximate surface area is 209 Å². The van der Waals surface area contributed by atoms with Crippen LogP contribution in [-0.2, 0) is 22.5 Å². The molecule has 35 heavy (non-hydrogen) atoms. The van der Waals surface area contributed by atoms with Gasteiger partial charge in [-0.05, 0) is 91.3 Å².